The number of nitrogens with zero attached hydrogens (tertiary/aromatic N) is 3. The molecule has 8 nitrogen and oxygen atoms in total. The first-order valence-corrected chi connectivity index (χ1v) is 9.47. The first-order chi connectivity index (χ1) is 14.6. The summed E-state index contributed by atoms with van der Waals surface area (Å²) < 4.78 is 14.5. The van der Waals surface area contributed by atoms with Gasteiger partial charge >= 0.3 is 0 Å². The van der Waals surface area contributed by atoms with Crippen LogP contribution in [0.15, 0.2) is 74.6 Å². The molecule has 0 unspecified atom stereocenters. The molecule has 5 aromatic rings. The van der Waals surface area contributed by atoms with Gasteiger partial charge in [-0.3, -0.25) is 14.2 Å². The minimum Gasteiger partial charge on any atom is -0.465 e. The van der Waals surface area contributed by atoms with E-state index in [1.165, 1.54) is 0 Å². The third-order valence-electron chi connectivity index (χ3n) is 4.91. The third-order valence-corrected chi connectivity index (χ3v) is 4.91. The Kier molecular flexibility index (Phi) is 4.24. The van der Waals surface area contributed by atoms with Gasteiger partial charge in [-0.15, -0.1) is 0 Å². The second-order valence-electron chi connectivity index (χ2n) is 6.96. The molecule has 1 N–H and O–H groups in total. The van der Waals surface area contributed by atoms with E-state index in [9.17, 15) is 9.59 Å². The van der Waals surface area contributed by atoms with Crippen LogP contribution in [0, 0.1) is 6.92 Å². The molecular weight excluding hydrogens is 384 g/mol. The number of aryl methyl sites for hydroxylation is 1. The summed E-state index contributed by atoms with van der Waals surface area (Å²) in [7, 11) is 0. The first kappa shape index (κ1) is 18.0. The van der Waals surface area contributed by atoms with Gasteiger partial charge in [-0.2, -0.15) is 0 Å². The van der Waals surface area contributed by atoms with Gasteiger partial charge < -0.3 is 18.6 Å². The van der Waals surface area contributed by atoms with Crippen molar-refractivity contribution in [2.24, 2.45) is 0 Å². The standard InChI is InChI=1S/C22H18N4O4/c1-14-6-7-15(29-14)12-24-21(27)19-9-8-16(30-19)13-26-20-17(4-2-10-23-20)25-11-3-5-18(25)22(26)28/h2-11H,12-13H2,1H3,(H,24,27). The third kappa shape index (κ3) is 3.08. The van der Waals surface area contributed by atoms with Crippen LogP contribution in [0.1, 0.15) is 27.8 Å². The molecular formula is C22H18N4O4. The van der Waals surface area contributed by atoms with Crippen LogP contribution >= 0.6 is 0 Å². The SMILES string of the molecule is Cc1ccc(CNC(=O)c2ccc(Cn3c(=O)c4cccn4c4cccnc43)o2)o1. The number of aromatic nitrogens is 3. The largest absolute Gasteiger partial charge is 0.465 e. The molecule has 0 aliphatic carbocycles. The Hall–Kier alpha value is -4.07. The van der Waals surface area contributed by atoms with E-state index in [4.69, 9.17) is 8.83 Å². The number of carbonyl (C=O) groups is 1. The van der Waals surface area contributed by atoms with Crippen molar-refractivity contribution in [3.63, 3.8) is 0 Å². The molecule has 5 heterocycles. The van der Waals surface area contributed by atoms with Crippen molar-refractivity contribution in [2.75, 3.05) is 0 Å². The lowest BCUT2D eigenvalue weighted by Crippen LogP contribution is -2.24. The molecule has 0 radical (unpaired) electrons. The highest BCUT2D eigenvalue weighted by Crippen LogP contribution is 2.16. The Morgan fingerprint density at radius 1 is 1.03 bits per heavy atom. The molecule has 0 spiro atoms. The summed E-state index contributed by atoms with van der Waals surface area (Å²) in [5.41, 5.74) is 1.73. The van der Waals surface area contributed by atoms with E-state index in [-0.39, 0.29) is 30.3 Å². The lowest BCUT2D eigenvalue weighted by Gasteiger charge is -2.10. The molecule has 0 saturated carbocycles. The van der Waals surface area contributed by atoms with Crippen LogP contribution in [-0.2, 0) is 13.1 Å². The number of fused-ring (bicyclic) bond motifs is 3. The first-order valence-electron chi connectivity index (χ1n) is 9.47. The molecule has 8 heteroatoms. The van der Waals surface area contributed by atoms with E-state index >= 15 is 0 Å². The van der Waals surface area contributed by atoms with Gasteiger partial charge in [-0.05, 0) is 55.5 Å². The zero-order valence-corrected chi connectivity index (χ0v) is 16.2. The van der Waals surface area contributed by atoms with E-state index in [0.717, 1.165) is 11.3 Å². The van der Waals surface area contributed by atoms with Gasteiger partial charge in [0.05, 0.1) is 18.6 Å². The lowest BCUT2D eigenvalue weighted by molar-refractivity contribution is 0.0918. The summed E-state index contributed by atoms with van der Waals surface area (Å²) in [6.45, 7) is 2.27. The molecule has 30 heavy (non-hydrogen) atoms. The van der Waals surface area contributed by atoms with E-state index in [2.05, 4.69) is 10.3 Å². The summed E-state index contributed by atoms with van der Waals surface area (Å²) in [4.78, 5) is 29.7. The summed E-state index contributed by atoms with van der Waals surface area (Å²) in [6, 6.07) is 14.3. The average molecular weight is 402 g/mol. The number of hydrogen-bond acceptors (Lipinski definition) is 5. The van der Waals surface area contributed by atoms with Gasteiger partial charge in [0.1, 0.15) is 22.8 Å². The Balaban J connectivity index is 1.42. The molecule has 5 rings (SSSR count). The predicted molar refractivity (Wildman–Crippen MR) is 109 cm³/mol. The van der Waals surface area contributed by atoms with Crippen LogP contribution in [0.25, 0.3) is 16.7 Å². The topological polar surface area (TPSA) is 94.7 Å². The maximum atomic E-state index is 13.0. The zero-order valence-electron chi connectivity index (χ0n) is 16.2. The van der Waals surface area contributed by atoms with E-state index in [0.29, 0.717) is 22.7 Å². The van der Waals surface area contributed by atoms with E-state index in [1.807, 2.05) is 47.9 Å². The van der Waals surface area contributed by atoms with Crippen LogP contribution in [0.4, 0.5) is 0 Å². The Morgan fingerprint density at radius 3 is 2.70 bits per heavy atom. The molecule has 5 aromatic heterocycles. The van der Waals surface area contributed by atoms with Crippen molar-refractivity contribution in [1.82, 2.24) is 19.3 Å². The van der Waals surface area contributed by atoms with Crippen molar-refractivity contribution < 1.29 is 13.6 Å². The number of carbonyl (C=O) groups excluding carboxylic acids is 1. The second-order valence-corrected chi connectivity index (χ2v) is 6.96. The average Bonchev–Trinajstić information content (AvgIpc) is 3.50. The molecule has 1 amide bonds. The minimum absolute atomic E-state index is 0.165. The van der Waals surface area contributed by atoms with Gasteiger partial charge in [0.2, 0.25) is 0 Å². The smallest absolute Gasteiger partial charge is 0.287 e. The molecule has 0 aliphatic rings. The highest BCUT2D eigenvalue weighted by molar-refractivity contribution is 5.91. The van der Waals surface area contributed by atoms with Crippen LogP contribution in [0.3, 0.4) is 0 Å². The highest BCUT2D eigenvalue weighted by atomic mass is 16.4. The number of amides is 1. The zero-order chi connectivity index (χ0) is 20.7. The van der Waals surface area contributed by atoms with E-state index < -0.39 is 0 Å². The fourth-order valence-electron chi connectivity index (χ4n) is 3.51. The number of nitrogens with one attached hydrogen (secondary N) is 1. The van der Waals surface area contributed by atoms with Crippen molar-refractivity contribution in [1.29, 1.82) is 0 Å². The molecule has 0 aliphatic heterocycles. The number of rotatable bonds is 5. The monoisotopic (exact) mass is 402 g/mol. The van der Waals surface area contributed by atoms with Crippen LogP contribution in [-0.4, -0.2) is 19.9 Å². The van der Waals surface area contributed by atoms with Gasteiger partial charge in [0.25, 0.3) is 11.5 Å². The molecule has 0 aromatic carbocycles. The number of pyridine rings is 1. The van der Waals surface area contributed by atoms with Gasteiger partial charge in [0, 0.05) is 12.4 Å². The summed E-state index contributed by atoms with van der Waals surface area (Å²) in [6.07, 6.45) is 3.48. The van der Waals surface area contributed by atoms with Crippen molar-refractivity contribution in [2.45, 2.75) is 20.0 Å². The molecule has 150 valence electrons. The normalized spacial score (nSPS) is 11.4. The van der Waals surface area contributed by atoms with Crippen LogP contribution in [0.5, 0.6) is 0 Å². The molecule has 0 saturated heterocycles. The number of furan rings is 2. The van der Waals surface area contributed by atoms with Crippen LogP contribution < -0.4 is 10.9 Å². The lowest BCUT2D eigenvalue weighted by atomic mass is 10.3. The predicted octanol–water partition coefficient (Wildman–Crippen LogP) is 3.12. The van der Waals surface area contributed by atoms with Crippen LogP contribution in [0.2, 0.25) is 0 Å². The molecule has 0 fully saturated rings. The van der Waals surface area contributed by atoms with Crippen molar-refractivity contribution in [3.8, 4) is 0 Å². The Bertz CT molecular complexity index is 1440. The van der Waals surface area contributed by atoms with Gasteiger partial charge in [-0.1, -0.05) is 0 Å². The second kappa shape index (κ2) is 7.07. The van der Waals surface area contributed by atoms with Gasteiger partial charge in [0.15, 0.2) is 11.4 Å². The quantitative estimate of drug-likeness (QED) is 0.487. The summed E-state index contributed by atoms with van der Waals surface area (Å²) in [5, 5.41) is 2.76. The molecule has 0 bridgehead atoms. The van der Waals surface area contributed by atoms with Crippen molar-refractivity contribution >= 4 is 22.6 Å². The van der Waals surface area contributed by atoms with E-state index in [1.54, 1.807) is 29.0 Å². The van der Waals surface area contributed by atoms with Gasteiger partial charge in [-0.25, -0.2) is 4.98 Å². The van der Waals surface area contributed by atoms with Crippen molar-refractivity contribution in [3.05, 3.63) is 94.3 Å². The maximum Gasteiger partial charge on any atom is 0.287 e. The summed E-state index contributed by atoms with van der Waals surface area (Å²) >= 11 is 0. The highest BCUT2D eigenvalue weighted by Gasteiger charge is 2.15. The maximum absolute atomic E-state index is 13.0. The Labute approximate surface area is 170 Å². The minimum atomic E-state index is -0.354. The fourth-order valence-corrected chi connectivity index (χ4v) is 3.51. The number of hydrogen-bond donors (Lipinski definition) is 1. The fraction of sp³-hybridized carbons (Fsp3) is 0.136. The Morgan fingerprint density at radius 2 is 1.87 bits per heavy atom. The molecule has 0 atom stereocenters. The summed E-state index contributed by atoms with van der Waals surface area (Å²) in [5.74, 6) is 1.75.